The van der Waals surface area contributed by atoms with Crippen LogP contribution in [0, 0.1) is 5.92 Å². The van der Waals surface area contributed by atoms with Crippen molar-refractivity contribution in [2.45, 2.75) is 39.3 Å². The van der Waals surface area contributed by atoms with Crippen LogP contribution in [0.1, 0.15) is 32.4 Å². The zero-order chi connectivity index (χ0) is 17.1. The van der Waals surface area contributed by atoms with Crippen LogP contribution >= 0.6 is 0 Å². The lowest BCUT2D eigenvalue weighted by Crippen LogP contribution is -2.49. The molecule has 1 fully saturated rings. The SMILES string of the molecule is CCC(=O)N1CC[C@@H](NCc2cc3cccc(OC)c3o2)[C@@H](C)C1. The Bertz CT molecular complexity index is 710. The van der Waals surface area contributed by atoms with Crippen LogP contribution in [0.25, 0.3) is 11.0 Å². The molecule has 1 N–H and O–H groups in total. The Hall–Kier alpha value is -2.01. The number of furan rings is 1. The van der Waals surface area contributed by atoms with Crippen molar-refractivity contribution < 1.29 is 13.9 Å². The lowest BCUT2D eigenvalue weighted by atomic mass is 9.93. The molecular formula is C19H26N2O3. The van der Waals surface area contributed by atoms with Gasteiger partial charge in [0, 0.05) is 30.9 Å². The van der Waals surface area contributed by atoms with Gasteiger partial charge in [-0.15, -0.1) is 0 Å². The Balaban J connectivity index is 1.61. The summed E-state index contributed by atoms with van der Waals surface area (Å²) < 4.78 is 11.3. The minimum atomic E-state index is 0.254. The summed E-state index contributed by atoms with van der Waals surface area (Å²) in [6.07, 6.45) is 1.57. The van der Waals surface area contributed by atoms with Gasteiger partial charge in [0.15, 0.2) is 11.3 Å². The molecule has 2 atom stereocenters. The number of carbonyl (C=O) groups excluding carboxylic acids is 1. The summed E-state index contributed by atoms with van der Waals surface area (Å²) in [5.74, 6) is 2.37. The maximum absolute atomic E-state index is 11.8. The summed E-state index contributed by atoms with van der Waals surface area (Å²) in [5, 5.41) is 4.65. The number of amides is 1. The van der Waals surface area contributed by atoms with Gasteiger partial charge in [0.05, 0.1) is 13.7 Å². The van der Waals surface area contributed by atoms with Crippen molar-refractivity contribution in [3.05, 3.63) is 30.0 Å². The van der Waals surface area contributed by atoms with Crippen molar-refractivity contribution in [3.63, 3.8) is 0 Å². The monoisotopic (exact) mass is 330 g/mol. The van der Waals surface area contributed by atoms with E-state index in [1.165, 1.54) is 0 Å². The summed E-state index contributed by atoms with van der Waals surface area (Å²) in [7, 11) is 1.66. The lowest BCUT2D eigenvalue weighted by Gasteiger charge is -2.37. The van der Waals surface area contributed by atoms with Crippen LogP contribution in [0.2, 0.25) is 0 Å². The van der Waals surface area contributed by atoms with E-state index in [-0.39, 0.29) is 5.91 Å². The number of benzene rings is 1. The fourth-order valence-electron chi connectivity index (χ4n) is 3.47. The molecule has 5 heteroatoms. The molecular weight excluding hydrogens is 304 g/mol. The van der Waals surface area contributed by atoms with Crippen LogP contribution < -0.4 is 10.1 Å². The quantitative estimate of drug-likeness (QED) is 0.915. The molecule has 0 aliphatic carbocycles. The third kappa shape index (κ3) is 3.41. The normalized spacial score (nSPS) is 21.2. The number of likely N-dealkylation sites (tertiary alicyclic amines) is 1. The minimum absolute atomic E-state index is 0.254. The molecule has 0 bridgehead atoms. The Morgan fingerprint density at radius 1 is 1.46 bits per heavy atom. The summed E-state index contributed by atoms with van der Waals surface area (Å²) in [5.41, 5.74) is 0.799. The number of ether oxygens (including phenoxy) is 1. The maximum atomic E-state index is 11.8. The number of para-hydroxylation sites is 1. The van der Waals surface area contributed by atoms with Crippen molar-refractivity contribution in [3.8, 4) is 5.75 Å². The van der Waals surface area contributed by atoms with E-state index in [9.17, 15) is 4.79 Å². The average Bonchev–Trinajstić information content (AvgIpc) is 3.02. The first kappa shape index (κ1) is 16.8. The van der Waals surface area contributed by atoms with Gasteiger partial charge in [0.1, 0.15) is 5.76 Å². The molecule has 2 aromatic rings. The predicted octanol–water partition coefficient (Wildman–Crippen LogP) is 3.18. The van der Waals surface area contributed by atoms with Gasteiger partial charge >= 0.3 is 0 Å². The highest BCUT2D eigenvalue weighted by Gasteiger charge is 2.27. The van der Waals surface area contributed by atoms with Crippen LogP contribution in [-0.2, 0) is 11.3 Å². The molecule has 2 heterocycles. The van der Waals surface area contributed by atoms with Crippen molar-refractivity contribution in [1.82, 2.24) is 10.2 Å². The van der Waals surface area contributed by atoms with E-state index in [4.69, 9.17) is 9.15 Å². The molecule has 1 aliphatic heterocycles. The highest BCUT2D eigenvalue weighted by molar-refractivity contribution is 5.83. The van der Waals surface area contributed by atoms with E-state index in [0.29, 0.717) is 24.9 Å². The third-order valence-electron chi connectivity index (χ3n) is 4.88. The maximum Gasteiger partial charge on any atom is 0.222 e. The third-order valence-corrected chi connectivity index (χ3v) is 4.88. The molecule has 1 saturated heterocycles. The molecule has 1 aromatic heterocycles. The predicted molar refractivity (Wildman–Crippen MR) is 94.0 cm³/mol. The van der Waals surface area contributed by atoms with Crippen LogP contribution in [0.3, 0.4) is 0 Å². The van der Waals surface area contributed by atoms with E-state index in [1.807, 2.05) is 30.0 Å². The topological polar surface area (TPSA) is 54.7 Å². The number of nitrogens with zero attached hydrogens (tertiary/aromatic N) is 1. The van der Waals surface area contributed by atoms with E-state index in [0.717, 1.165) is 42.0 Å². The smallest absolute Gasteiger partial charge is 0.222 e. The zero-order valence-electron chi connectivity index (χ0n) is 14.7. The van der Waals surface area contributed by atoms with Gasteiger partial charge in [0.2, 0.25) is 5.91 Å². The molecule has 0 unspecified atom stereocenters. The highest BCUT2D eigenvalue weighted by atomic mass is 16.5. The van der Waals surface area contributed by atoms with Gasteiger partial charge in [-0.1, -0.05) is 26.0 Å². The molecule has 0 spiro atoms. The molecule has 3 rings (SSSR count). The molecule has 5 nitrogen and oxygen atoms in total. The van der Waals surface area contributed by atoms with E-state index in [1.54, 1.807) is 7.11 Å². The molecule has 130 valence electrons. The van der Waals surface area contributed by atoms with Gasteiger partial charge in [-0.05, 0) is 24.5 Å². The number of methoxy groups -OCH3 is 1. The first-order chi connectivity index (χ1) is 11.6. The first-order valence-electron chi connectivity index (χ1n) is 8.69. The van der Waals surface area contributed by atoms with Gasteiger partial charge in [-0.25, -0.2) is 0 Å². The van der Waals surface area contributed by atoms with Gasteiger partial charge < -0.3 is 19.4 Å². The van der Waals surface area contributed by atoms with Crippen LogP contribution in [0.5, 0.6) is 5.75 Å². The Morgan fingerprint density at radius 3 is 3.00 bits per heavy atom. The van der Waals surface area contributed by atoms with E-state index >= 15 is 0 Å². The van der Waals surface area contributed by atoms with Gasteiger partial charge in [-0.2, -0.15) is 0 Å². The highest BCUT2D eigenvalue weighted by Crippen LogP contribution is 2.28. The fourth-order valence-corrected chi connectivity index (χ4v) is 3.47. The average molecular weight is 330 g/mol. The minimum Gasteiger partial charge on any atom is -0.493 e. The fraction of sp³-hybridized carbons (Fsp3) is 0.526. The second-order valence-corrected chi connectivity index (χ2v) is 6.54. The molecule has 0 radical (unpaired) electrons. The summed E-state index contributed by atoms with van der Waals surface area (Å²) in [6.45, 7) is 6.48. The lowest BCUT2D eigenvalue weighted by molar-refractivity contribution is -0.132. The number of carbonyl (C=O) groups is 1. The van der Waals surface area contributed by atoms with Crippen LogP contribution in [0.15, 0.2) is 28.7 Å². The first-order valence-corrected chi connectivity index (χ1v) is 8.69. The zero-order valence-corrected chi connectivity index (χ0v) is 14.7. The number of hydrogen-bond acceptors (Lipinski definition) is 4. The van der Waals surface area contributed by atoms with Crippen molar-refractivity contribution >= 4 is 16.9 Å². The van der Waals surface area contributed by atoms with Crippen molar-refractivity contribution in [2.24, 2.45) is 5.92 Å². The number of piperidine rings is 1. The Morgan fingerprint density at radius 2 is 2.29 bits per heavy atom. The summed E-state index contributed by atoms with van der Waals surface area (Å²) >= 11 is 0. The molecule has 1 amide bonds. The summed E-state index contributed by atoms with van der Waals surface area (Å²) in [4.78, 5) is 13.8. The second-order valence-electron chi connectivity index (χ2n) is 6.54. The van der Waals surface area contributed by atoms with Crippen molar-refractivity contribution in [2.75, 3.05) is 20.2 Å². The van der Waals surface area contributed by atoms with E-state index < -0.39 is 0 Å². The van der Waals surface area contributed by atoms with Gasteiger partial charge in [-0.3, -0.25) is 4.79 Å². The molecule has 1 aliphatic rings. The number of fused-ring (bicyclic) bond motifs is 1. The van der Waals surface area contributed by atoms with Gasteiger partial charge in [0.25, 0.3) is 0 Å². The largest absolute Gasteiger partial charge is 0.493 e. The van der Waals surface area contributed by atoms with Crippen LogP contribution in [-0.4, -0.2) is 37.0 Å². The number of hydrogen-bond donors (Lipinski definition) is 1. The number of rotatable bonds is 5. The molecule has 1 aromatic carbocycles. The van der Waals surface area contributed by atoms with Crippen molar-refractivity contribution in [1.29, 1.82) is 0 Å². The molecule has 0 saturated carbocycles. The Labute approximate surface area is 143 Å². The van der Waals surface area contributed by atoms with E-state index in [2.05, 4.69) is 18.3 Å². The summed E-state index contributed by atoms with van der Waals surface area (Å²) in [6, 6.07) is 8.37. The van der Waals surface area contributed by atoms with Crippen LogP contribution in [0.4, 0.5) is 0 Å². The molecule has 24 heavy (non-hydrogen) atoms. The Kier molecular flexibility index (Phi) is 5.09. The second kappa shape index (κ2) is 7.26. The standard InChI is InChI=1S/C19H26N2O3/c1-4-18(22)21-9-8-16(13(2)12-21)20-11-15-10-14-6-5-7-17(23-3)19(14)24-15/h5-7,10,13,16,20H,4,8-9,11-12H2,1-3H3/t13-,16+/m0/s1. The number of nitrogens with one attached hydrogen (secondary N) is 1.